The molecule has 0 heterocycles. The molecule has 0 saturated heterocycles. The fraction of sp³-hybridized carbons (Fsp3) is 0.350. The number of hydrogen-bond acceptors (Lipinski definition) is 4. The van der Waals surface area contributed by atoms with Crippen LogP contribution in [-0.4, -0.2) is 31.9 Å². The second-order valence-electron chi connectivity index (χ2n) is 5.76. The first-order valence-electron chi connectivity index (χ1n) is 8.45. The van der Waals surface area contributed by atoms with E-state index in [0.29, 0.717) is 18.0 Å². The van der Waals surface area contributed by atoms with Gasteiger partial charge in [0, 0.05) is 16.5 Å². The Labute approximate surface area is 164 Å². The predicted molar refractivity (Wildman–Crippen MR) is 108 cm³/mol. The molecule has 0 unspecified atom stereocenters. The molecule has 0 spiro atoms. The van der Waals surface area contributed by atoms with Crippen LogP contribution in [0.4, 0.5) is 0 Å². The molecule has 0 radical (unpaired) electrons. The van der Waals surface area contributed by atoms with Crippen LogP contribution in [0.25, 0.3) is 0 Å². The number of ether oxygens (including phenoxy) is 2. The monoisotopic (exact) mass is 393 g/mol. The molecule has 0 aliphatic rings. The Morgan fingerprint density at radius 2 is 1.88 bits per heavy atom. The lowest BCUT2D eigenvalue weighted by Crippen LogP contribution is -2.31. The fourth-order valence-electron chi connectivity index (χ4n) is 2.48. The van der Waals surface area contributed by atoms with Crippen LogP contribution in [0, 0.1) is 0 Å². The molecular formula is C20H24ClNO3S. The maximum atomic E-state index is 12.3. The Kier molecular flexibility index (Phi) is 8.13. The molecule has 1 atom stereocenters. The van der Waals surface area contributed by atoms with E-state index in [0.717, 1.165) is 28.3 Å². The van der Waals surface area contributed by atoms with Gasteiger partial charge in [-0.3, -0.25) is 4.79 Å². The van der Waals surface area contributed by atoms with Crippen molar-refractivity contribution in [3.05, 3.63) is 53.1 Å². The molecule has 0 aliphatic heterocycles. The van der Waals surface area contributed by atoms with Crippen LogP contribution in [0.3, 0.4) is 0 Å². The van der Waals surface area contributed by atoms with Crippen molar-refractivity contribution in [2.45, 2.75) is 29.9 Å². The summed E-state index contributed by atoms with van der Waals surface area (Å²) in [6.07, 6.45) is 1.69. The van der Waals surface area contributed by atoms with E-state index < -0.39 is 0 Å². The molecule has 0 bridgehead atoms. The summed E-state index contributed by atoms with van der Waals surface area (Å²) in [5, 5.41) is 3.56. The lowest BCUT2D eigenvalue weighted by atomic mass is 10.1. The second kappa shape index (κ2) is 10.3. The smallest absolute Gasteiger partial charge is 0.233 e. The summed E-state index contributed by atoms with van der Waals surface area (Å²) in [6.45, 7) is 2.52. The number of carbonyl (C=O) groups excluding carboxylic acids is 1. The molecule has 4 nitrogen and oxygen atoms in total. The minimum Gasteiger partial charge on any atom is -0.493 e. The highest BCUT2D eigenvalue weighted by Crippen LogP contribution is 2.33. The maximum absolute atomic E-state index is 12.3. The fourth-order valence-corrected chi connectivity index (χ4v) is 3.63. The number of benzene rings is 2. The van der Waals surface area contributed by atoms with Gasteiger partial charge in [0.2, 0.25) is 5.91 Å². The molecule has 140 valence electrons. The molecule has 6 heteroatoms. The van der Waals surface area contributed by atoms with E-state index in [1.54, 1.807) is 14.2 Å². The Morgan fingerprint density at radius 1 is 1.15 bits per heavy atom. The number of rotatable bonds is 9. The van der Waals surface area contributed by atoms with Crippen LogP contribution in [0.5, 0.6) is 11.5 Å². The van der Waals surface area contributed by atoms with Crippen LogP contribution in [-0.2, 0) is 11.2 Å². The standard InChI is InChI=1S/C20H24ClNO3S/c1-14(26-16-10-11-18(24-2)19(13-16)25-3)20(23)22-12-6-8-15-7-4-5-9-17(15)21/h4-5,7,9-11,13-14H,6,8,12H2,1-3H3,(H,22,23)/t14-/m1/s1. The van der Waals surface area contributed by atoms with Gasteiger partial charge >= 0.3 is 0 Å². The summed E-state index contributed by atoms with van der Waals surface area (Å²) in [6, 6.07) is 13.4. The van der Waals surface area contributed by atoms with Crippen molar-refractivity contribution in [1.29, 1.82) is 0 Å². The molecule has 2 aromatic carbocycles. The van der Waals surface area contributed by atoms with Gasteiger partial charge < -0.3 is 14.8 Å². The molecule has 1 N–H and O–H groups in total. The maximum Gasteiger partial charge on any atom is 0.233 e. The summed E-state index contributed by atoms with van der Waals surface area (Å²) in [5.74, 6) is 1.35. The summed E-state index contributed by atoms with van der Waals surface area (Å²) < 4.78 is 10.5. The highest BCUT2D eigenvalue weighted by atomic mass is 35.5. The van der Waals surface area contributed by atoms with Crippen molar-refractivity contribution in [2.24, 2.45) is 0 Å². The first-order valence-corrected chi connectivity index (χ1v) is 9.70. The van der Waals surface area contributed by atoms with E-state index >= 15 is 0 Å². The van der Waals surface area contributed by atoms with Gasteiger partial charge in [-0.05, 0) is 49.6 Å². The number of nitrogens with one attached hydrogen (secondary N) is 1. The average Bonchev–Trinajstić information content (AvgIpc) is 2.66. The minimum absolute atomic E-state index is 0.0175. The Morgan fingerprint density at radius 3 is 2.58 bits per heavy atom. The molecule has 2 aromatic rings. The zero-order valence-corrected chi connectivity index (χ0v) is 16.8. The predicted octanol–water partition coefficient (Wildman–Crippen LogP) is 4.59. The lowest BCUT2D eigenvalue weighted by Gasteiger charge is -2.14. The number of hydrogen-bond donors (Lipinski definition) is 1. The van der Waals surface area contributed by atoms with Gasteiger partial charge in [-0.25, -0.2) is 0 Å². The summed E-state index contributed by atoms with van der Waals surface area (Å²) in [4.78, 5) is 13.2. The first kappa shape index (κ1) is 20.5. The van der Waals surface area contributed by atoms with Crippen molar-refractivity contribution in [3.8, 4) is 11.5 Å². The Hall–Kier alpha value is -1.85. The van der Waals surface area contributed by atoms with Gasteiger partial charge in [-0.1, -0.05) is 29.8 Å². The van der Waals surface area contributed by atoms with Gasteiger partial charge in [0.15, 0.2) is 11.5 Å². The summed E-state index contributed by atoms with van der Waals surface area (Å²) >= 11 is 7.63. The third-order valence-corrected chi connectivity index (χ3v) is 5.38. The van der Waals surface area contributed by atoms with Crippen LogP contribution >= 0.6 is 23.4 Å². The lowest BCUT2D eigenvalue weighted by molar-refractivity contribution is -0.120. The van der Waals surface area contributed by atoms with Crippen molar-refractivity contribution < 1.29 is 14.3 Å². The Balaban J connectivity index is 1.79. The van der Waals surface area contributed by atoms with Crippen molar-refractivity contribution in [3.63, 3.8) is 0 Å². The highest BCUT2D eigenvalue weighted by molar-refractivity contribution is 8.00. The van der Waals surface area contributed by atoms with E-state index in [2.05, 4.69) is 5.32 Å². The number of thioether (sulfide) groups is 1. The molecule has 0 aromatic heterocycles. The minimum atomic E-state index is -0.201. The van der Waals surface area contributed by atoms with Crippen LogP contribution in [0.2, 0.25) is 5.02 Å². The number of carbonyl (C=O) groups is 1. The van der Waals surface area contributed by atoms with Crippen LogP contribution in [0.1, 0.15) is 18.9 Å². The number of amides is 1. The van der Waals surface area contributed by atoms with E-state index in [1.807, 2.05) is 49.4 Å². The van der Waals surface area contributed by atoms with Crippen LogP contribution in [0.15, 0.2) is 47.4 Å². The number of methoxy groups -OCH3 is 2. The van der Waals surface area contributed by atoms with Gasteiger partial charge in [0.25, 0.3) is 0 Å². The molecule has 0 fully saturated rings. The number of aryl methyl sites for hydroxylation is 1. The summed E-state index contributed by atoms with van der Waals surface area (Å²) in [7, 11) is 3.20. The second-order valence-corrected chi connectivity index (χ2v) is 7.58. The molecule has 2 rings (SSSR count). The Bertz CT molecular complexity index is 739. The van der Waals surface area contributed by atoms with Gasteiger partial charge in [0.1, 0.15) is 0 Å². The molecule has 0 saturated carbocycles. The van der Waals surface area contributed by atoms with E-state index in [9.17, 15) is 4.79 Å². The van der Waals surface area contributed by atoms with Gasteiger partial charge in [-0.2, -0.15) is 0 Å². The molecule has 0 aliphatic carbocycles. The summed E-state index contributed by atoms with van der Waals surface area (Å²) in [5.41, 5.74) is 1.11. The third kappa shape index (κ3) is 5.85. The van der Waals surface area contributed by atoms with Gasteiger partial charge in [0.05, 0.1) is 19.5 Å². The SMILES string of the molecule is COc1ccc(S[C@H](C)C(=O)NCCCc2ccccc2Cl)cc1OC. The van der Waals surface area contributed by atoms with Crippen molar-refractivity contribution in [1.82, 2.24) is 5.32 Å². The first-order chi connectivity index (χ1) is 12.5. The quantitative estimate of drug-likeness (QED) is 0.500. The zero-order chi connectivity index (χ0) is 18.9. The highest BCUT2D eigenvalue weighted by Gasteiger charge is 2.15. The normalized spacial score (nSPS) is 11.7. The molecule has 26 heavy (non-hydrogen) atoms. The van der Waals surface area contributed by atoms with E-state index in [-0.39, 0.29) is 11.2 Å². The van der Waals surface area contributed by atoms with E-state index in [4.69, 9.17) is 21.1 Å². The average molecular weight is 394 g/mol. The largest absolute Gasteiger partial charge is 0.493 e. The van der Waals surface area contributed by atoms with Crippen molar-refractivity contribution in [2.75, 3.05) is 20.8 Å². The zero-order valence-electron chi connectivity index (χ0n) is 15.3. The van der Waals surface area contributed by atoms with Gasteiger partial charge in [-0.15, -0.1) is 11.8 Å². The topological polar surface area (TPSA) is 47.6 Å². The molecular weight excluding hydrogens is 370 g/mol. The molecule has 1 amide bonds. The van der Waals surface area contributed by atoms with Crippen molar-refractivity contribution >= 4 is 29.3 Å². The third-order valence-electron chi connectivity index (χ3n) is 3.92. The van der Waals surface area contributed by atoms with Crippen LogP contribution < -0.4 is 14.8 Å². The van der Waals surface area contributed by atoms with E-state index in [1.165, 1.54) is 11.8 Å². The number of halogens is 1.